The van der Waals surface area contributed by atoms with Crippen molar-refractivity contribution in [3.05, 3.63) is 0 Å². The van der Waals surface area contributed by atoms with Gasteiger partial charge >= 0.3 is 0 Å². The molecule has 1 aliphatic rings. The Hall–Kier alpha value is -0.970. The maximum Gasteiger partial charge on any atom is 0.223 e. The van der Waals surface area contributed by atoms with Crippen molar-refractivity contribution in [3.63, 3.8) is 0 Å². The van der Waals surface area contributed by atoms with Gasteiger partial charge in [-0.3, -0.25) is 4.79 Å². The van der Waals surface area contributed by atoms with Crippen LogP contribution in [0.1, 0.15) is 38.5 Å². The lowest BCUT2D eigenvalue weighted by molar-refractivity contribution is -0.125. The van der Waals surface area contributed by atoms with E-state index in [4.69, 9.17) is 6.42 Å². The Balaban J connectivity index is 2.31. The van der Waals surface area contributed by atoms with Crippen molar-refractivity contribution in [2.24, 2.45) is 5.92 Å². The summed E-state index contributed by atoms with van der Waals surface area (Å²) in [6, 6.07) is 0. The number of rotatable bonds is 2. The van der Waals surface area contributed by atoms with Gasteiger partial charge in [-0.25, -0.2) is 0 Å². The third-order valence-corrected chi connectivity index (χ3v) is 2.59. The van der Waals surface area contributed by atoms with Crippen LogP contribution in [0.4, 0.5) is 0 Å². The summed E-state index contributed by atoms with van der Waals surface area (Å²) >= 11 is 0. The molecule has 2 heteroatoms. The van der Waals surface area contributed by atoms with Gasteiger partial charge in [0.2, 0.25) is 5.91 Å². The van der Waals surface area contributed by atoms with Gasteiger partial charge in [-0.2, -0.15) is 0 Å². The molecule has 1 saturated carbocycles. The van der Waals surface area contributed by atoms with E-state index < -0.39 is 0 Å². The average molecular weight is 179 g/mol. The number of carbonyl (C=O) groups excluding carboxylic acids is 1. The van der Waals surface area contributed by atoms with E-state index in [0.29, 0.717) is 6.54 Å². The molecule has 0 heterocycles. The summed E-state index contributed by atoms with van der Waals surface area (Å²) < 4.78 is 0. The third-order valence-electron chi connectivity index (χ3n) is 2.59. The standard InChI is InChI=1S/C11H17NO/c1-2-9-12-11(13)10-7-5-3-4-6-8-10/h1,10H,3-9H2,(H,12,13). The summed E-state index contributed by atoms with van der Waals surface area (Å²) in [4.78, 5) is 11.5. The lowest BCUT2D eigenvalue weighted by Crippen LogP contribution is -2.30. The molecule has 0 aliphatic heterocycles. The molecular formula is C11H17NO. The smallest absolute Gasteiger partial charge is 0.223 e. The molecule has 1 aliphatic carbocycles. The molecule has 1 fully saturated rings. The van der Waals surface area contributed by atoms with Gasteiger partial charge in [-0.05, 0) is 12.8 Å². The fourth-order valence-electron chi connectivity index (χ4n) is 1.82. The molecule has 0 bridgehead atoms. The fraction of sp³-hybridized carbons (Fsp3) is 0.727. The van der Waals surface area contributed by atoms with Gasteiger partial charge in [0.25, 0.3) is 0 Å². The van der Waals surface area contributed by atoms with E-state index in [1.807, 2.05) is 0 Å². The predicted molar refractivity (Wildman–Crippen MR) is 53.0 cm³/mol. The summed E-state index contributed by atoms with van der Waals surface area (Å²) in [5.74, 6) is 2.79. The molecule has 0 unspecified atom stereocenters. The number of nitrogens with one attached hydrogen (secondary N) is 1. The maximum atomic E-state index is 11.5. The van der Waals surface area contributed by atoms with Crippen LogP contribution in [0, 0.1) is 18.3 Å². The third kappa shape index (κ3) is 3.50. The lowest BCUT2D eigenvalue weighted by atomic mass is 10.00. The van der Waals surface area contributed by atoms with Crippen LogP contribution < -0.4 is 5.32 Å². The van der Waals surface area contributed by atoms with Crippen LogP contribution in [0.25, 0.3) is 0 Å². The number of hydrogen-bond donors (Lipinski definition) is 1. The molecule has 0 aromatic rings. The zero-order valence-corrected chi connectivity index (χ0v) is 8.01. The van der Waals surface area contributed by atoms with Crippen molar-refractivity contribution in [2.75, 3.05) is 6.54 Å². The van der Waals surface area contributed by atoms with Gasteiger partial charge in [-0.15, -0.1) is 6.42 Å². The fourth-order valence-corrected chi connectivity index (χ4v) is 1.82. The van der Waals surface area contributed by atoms with Crippen LogP contribution in [-0.2, 0) is 4.79 Å². The maximum absolute atomic E-state index is 11.5. The molecule has 0 spiro atoms. The molecule has 1 amide bonds. The molecule has 0 radical (unpaired) electrons. The van der Waals surface area contributed by atoms with Crippen molar-refractivity contribution in [1.82, 2.24) is 5.32 Å². The number of terminal acetylenes is 1. The first-order valence-corrected chi connectivity index (χ1v) is 5.06. The summed E-state index contributed by atoms with van der Waals surface area (Å²) in [5, 5.41) is 2.75. The van der Waals surface area contributed by atoms with Crippen molar-refractivity contribution >= 4 is 5.91 Å². The van der Waals surface area contributed by atoms with Crippen molar-refractivity contribution < 1.29 is 4.79 Å². The van der Waals surface area contributed by atoms with Crippen molar-refractivity contribution in [3.8, 4) is 12.3 Å². The van der Waals surface area contributed by atoms with E-state index in [0.717, 1.165) is 12.8 Å². The number of hydrogen-bond acceptors (Lipinski definition) is 1. The summed E-state index contributed by atoms with van der Waals surface area (Å²) in [5.41, 5.74) is 0. The molecule has 1 N–H and O–H groups in total. The van der Waals surface area contributed by atoms with E-state index >= 15 is 0 Å². The Morgan fingerprint density at radius 3 is 2.46 bits per heavy atom. The topological polar surface area (TPSA) is 29.1 Å². The summed E-state index contributed by atoms with van der Waals surface area (Å²) in [6.45, 7) is 0.370. The molecule has 1 rings (SSSR count). The van der Waals surface area contributed by atoms with Crippen LogP contribution in [0.2, 0.25) is 0 Å². The van der Waals surface area contributed by atoms with Crippen molar-refractivity contribution in [1.29, 1.82) is 0 Å². The van der Waals surface area contributed by atoms with Gasteiger partial charge in [0.15, 0.2) is 0 Å². The van der Waals surface area contributed by atoms with Gasteiger partial charge in [0, 0.05) is 5.92 Å². The molecule has 13 heavy (non-hydrogen) atoms. The second kappa shape index (κ2) is 5.64. The van der Waals surface area contributed by atoms with Gasteiger partial charge in [-0.1, -0.05) is 31.6 Å². The van der Waals surface area contributed by atoms with Gasteiger partial charge in [0.05, 0.1) is 6.54 Å². The van der Waals surface area contributed by atoms with Crippen molar-refractivity contribution in [2.45, 2.75) is 38.5 Å². The van der Waals surface area contributed by atoms with Crippen LogP contribution >= 0.6 is 0 Å². The van der Waals surface area contributed by atoms with E-state index in [2.05, 4.69) is 11.2 Å². The zero-order chi connectivity index (χ0) is 9.52. The normalized spacial score (nSPS) is 18.7. The van der Waals surface area contributed by atoms with Crippen LogP contribution in [0.3, 0.4) is 0 Å². The molecule has 0 atom stereocenters. The number of amides is 1. The Morgan fingerprint density at radius 2 is 1.92 bits per heavy atom. The van der Waals surface area contributed by atoms with Gasteiger partial charge < -0.3 is 5.32 Å². The first-order chi connectivity index (χ1) is 6.34. The molecule has 72 valence electrons. The van der Waals surface area contributed by atoms with E-state index in [1.54, 1.807) is 0 Å². The van der Waals surface area contributed by atoms with E-state index in [9.17, 15) is 4.79 Å². The largest absolute Gasteiger partial charge is 0.345 e. The van der Waals surface area contributed by atoms with Gasteiger partial charge in [0.1, 0.15) is 0 Å². The number of carbonyl (C=O) groups is 1. The average Bonchev–Trinajstić information content (AvgIpc) is 2.42. The second-order valence-corrected chi connectivity index (χ2v) is 3.61. The molecule has 2 nitrogen and oxygen atoms in total. The van der Waals surface area contributed by atoms with E-state index in [1.165, 1.54) is 25.7 Å². The minimum absolute atomic E-state index is 0.153. The Kier molecular flexibility index (Phi) is 4.39. The van der Waals surface area contributed by atoms with E-state index in [-0.39, 0.29) is 11.8 Å². The Bertz CT molecular complexity index is 197. The predicted octanol–water partition coefficient (Wildman–Crippen LogP) is 1.71. The minimum atomic E-state index is 0.153. The Morgan fingerprint density at radius 1 is 1.31 bits per heavy atom. The molecule has 0 aromatic carbocycles. The first-order valence-electron chi connectivity index (χ1n) is 5.06. The zero-order valence-electron chi connectivity index (χ0n) is 8.01. The highest BCUT2D eigenvalue weighted by Crippen LogP contribution is 2.22. The quantitative estimate of drug-likeness (QED) is 0.507. The highest BCUT2D eigenvalue weighted by molar-refractivity contribution is 5.78. The highest BCUT2D eigenvalue weighted by atomic mass is 16.1. The molecular weight excluding hydrogens is 162 g/mol. The summed E-state index contributed by atoms with van der Waals surface area (Å²) in [6.07, 6.45) is 12.1. The minimum Gasteiger partial charge on any atom is -0.345 e. The molecule has 0 aromatic heterocycles. The van der Waals surface area contributed by atoms with Crippen LogP contribution in [0.5, 0.6) is 0 Å². The highest BCUT2D eigenvalue weighted by Gasteiger charge is 2.18. The Labute approximate surface area is 80.1 Å². The second-order valence-electron chi connectivity index (χ2n) is 3.61. The van der Waals surface area contributed by atoms with Crippen LogP contribution in [-0.4, -0.2) is 12.5 Å². The molecule has 0 saturated heterocycles. The van der Waals surface area contributed by atoms with Crippen LogP contribution in [0.15, 0.2) is 0 Å². The SMILES string of the molecule is C#CCNC(=O)C1CCCCCC1. The monoisotopic (exact) mass is 179 g/mol. The summed E-state index contributed by atoms with van der Waals surface area (Å²) in [7, 11) is 0. The lowest BCUT2D eigenvalue weighted by Gasteiger charge is -2.12. The first kappa shape index (κ1) is 10.1.